The third kappa shape index (κ3) is 3.53. The topological polar surface area (TPSA) is 78.3 Å². The summed E-state index contributed by atoms with van der Waals surface area (Å²) < 4.78 is 5.52. The van der Waals surface area contributed by atoms with Gasteiger partial charge in [-0.3, -0.25) is 14.5 Å². The van der Waals surface area contributed by atoms with Crippen LogP contribution < -0.4 is 10.9 Å². The van der Waals surface area contributed by atoms with E-state index in [-0.39, 0.29) is 23.1 Å². The van der Waals surface area contributed by atoms with Gasteiger partial charge in [0.1, 0.15) is 11.3 Å². The number of hydrogen-bond donors (Lipinski definition) is 2. The zero-order valence-corrected chi connectivity index (χ0v) is 13.2. The molecule has 122 valence electrons. The van der Waals surface area contributed by atoms with Crippen LogP contribution in [0.4, 0.5) is 0 Å². The van der Waals surface area contributed by atoms with Gasteiger partial charge >= 0.3 is 0 Å². The number of furan rings is 1. The minimum Gasteiger partial charge on any atom is -0.468 e. The van der Waals surface area contributed by atoms with Gasteiger partial charge in [-0.1, -0.05) is 0 Å². The lowest BCUT2D eigenvalue weighted by molar-refractivity contribution is 0.0932. The SMILES string of the molecule is Cc1ccc(C(=O)NC[C@@H](c2ccco2)N2CCCC2)c(=O)[nH]1. The highest BCUT2D eigenvalue weighted by molar-refractivity contribution is 5.93. The van der Waals surface area contributed by atoms with Gasteiger partial charge in [-0.15, -0.1) is 0 Å². The maximum absolute atomic E-state index is 12.3. The molecule has 2 N–H and O–H groups in total. The van der Waals surface area contributed by atoms with Gasteiger partial charge in [-0.25, -0.2) is 0 Å². The molecule has 1 aliphatic rings. The fraction of sp³-hybridized carbons (Fsp3) is 0.412. The van der Waals surface area contributed by atoms with Crippen LogP contribution in [0.5, 0.6) is 0 Å². The van der Waals surface area contributed by atoms with Gasteiger partial charge in [-0.2, -0.15) is 0 Å². The molecular weight excluding hydrogens is 294 g/mol. The third-order valence-electron chi connectivity index (χ3n) is 4.21. The van der Waals surface area contributed by atoms with E-state index in [4.69, 9.17) is 4.42 Å². The van der Waals surface area contributed by atoms with Crippen LogP contribution in [-0.2, 0) is 0 Å². The molecule has 0 aromatic carbocycles. The van der Waals surface area contributed by atoms with Gasteiger partial charge in [0.25, 0.3) is 11.5 Å². The molecule has 0 saturated carbocycles. The molecule has 2 aromatic rings. The highest BCUT2D eigenvalue weighted by Crippen LogP contribution is 2.24. The number of likely N-dealkylation sites (tertiary alicyclic amines) is 1. The maximum Gasteiger partial charge on any atom is 0.260 e. The van der Waals surface area contributed by atoms with Gasteiger partial charge in [0, 0.05) is 12.2 Å². The van der Waals surface area contributed by atoms with Crippen molar-refractivity contribution in [1.29, 1.82) is 0 Å². The quantitative estimate of drug-likeness (QED) is 0.882. The maximum atomic E-state index is 12.3. The number of aromatic nitrogens is 1. The fourth-order valence-electron chi connectivity index (χ4n) is 2.98. The average molecular weight is 315 g/mol. The molecule has 0 unspecified atom stereocenters. The molecule has 0 aliphatic carbocycles. The summed E-state index contributed by atoms with van der Waals surface area (Å²) in [4.78, 5) is 29.1. The molecule has 3 rings (SSSR count). The van der Waals surface area contributed by atoms with Crippen molar-refractivity contribution in [3.8, 4) is 0 Å². The summed E-state index contributed by atoms with van der Waals surface area (Å²) in [6.07, 6.45) is 3.95. The Morgan fingerprint density at radius 2 is 2.13 bits per heavy atom. The molecule has 1 atom stereocenters. The van der Waals surface area contributed by atoms with E-state index in [1.807, 2.05) is 12.1 Å². The first-order valence-corrected chi connectivity index (χ1v) is 7.91. The van der Waals surface area contributed by atoms with Crippen LogP contribution in [0.15, 0.2) is 39.7 Å². The lowest BCUT2D eigenvalue weighted by Crippen LogP contribution is -2.38. The highest BCUT2D eigenvalue weighted by atomic mass is 16.3. The van der Waals surface area contributed by atoms with Gasteiger partial charge in [0.15, 0.2) is 0 Å². The number of nitrogens with zero attached hydrogens (tertiary/aromatic N) is 1. The molecule has 6 heteroatoms. The van der Waals surface area contributed by atoms with Crippen molar-refractivity contribution in [2.75, 3.05) is 19.6 Å². The largest absolute Gasteiger partial charge is 0.468 e. The molecule has 23 heavy (non-hydrogen) atoms. The van der Waals surface area contributed by atoms with Gasteiger partial charge in [0.05, 0.1) is 12.3 Å². The van der Waals surface area contributed by atoms with E-state index in [1.165, 1.54) is 0 Å². The van der Waals surface area contributed by atoms with E-state index in [0.717, 1.165) is 37.4 Å². The van der Waals surface area contributed by atoms with E-state index >= 15 is 0 Å². The van der Waals surface area contributed by atoms with E-state index < -0.39 is 0 Å². The number of amides is 1. The van der Waals surface area contributed by atoms with Crippen molar-refractivity contribution in [3.63, 3.8) is 0 Å². The number of carbonyl (C=O) groups excluding carboxylic acids is 1. The Balaban J connectivity index is 1.71. The van der Waals surface area contributed by atoms with Crippen molar-refractivity contribution in [2.45, 2.75) is 25.8 Å². The number of hydrogen-bond acceptors (Lipinski definition) is 4. The minimum atomic E-state index is -0.363. The Morgan fingerprint density at radius 1 is 1.35 bits per heavy atom. The summed E-state index contributed by atoms with van der Waals surface area (Å²) in [5, 5.41) is 2.86. The predicted octanol–water partition coefficient (Wildman–Crippen LogP) is 1.84. The number of rotatable bonds is 5. The first kappa shape index (κ1) is 15.6. The van der Waals surface area contributed by atoms with Crippen molar-refractivity contribution in [1.82, 2.24) is 15.2 Å². The standard InChI is InChI=1S/C17H21N3O3/c1-12-6-7-13(17(22)19-12)16(21)18-11-14(15-5-4-10-23-15)20-8-2-3-9-20/h4-7,10,14H,2-3,8-9,11H2,1H3,(H,18,21)(H,19,22)/t14-/m0/s1. The number of aryl methyl sites for hydroxylation is 1. The van der Waals surface area contributed by atoms with Crippen LogP contribution >= 0.6 is 0 Å². The number of pyridine rings is 1. The summed E-state index contributed by atoms with van der Waals surface area (Å²) in [7, 11) is 0. The van der Waals surface area contributed by atoms with Crippen LogP contribution in [0.1, 0.15) is 40.7 Å². The monoisotopic (exact) mass is 315 g/mol. The summed E-state index contributed by atoms with van der Waals surface area (Å²) in [5.74, 6) is 0.479. The molecule has 1 amide bonds. The summed E-state index contributed by atoms with van der Waals surface area (Å²) in [6.45, 7) is 4.18. The molecule has 3 heterocycles. The Bertz CT molecular complexity index is 715. The molecule has 0 bridgehead atoms. The first-order chi connectivity index (χ1) is 11.1. The average Bonchev–Trinajstić information content (AvgIpc) is 3.21. The molecule has 1 saturated heterocycles. The number of aromatic amines is 1. The summed E-state index contributed by atoms with van der Waals surface area (Å²) >= 11 is 0. The summed E-state index contributed by atoms with van der Waals surface area (Å²) in [5.41, 5.74) is 0.505. The molecule has 1 fully saturated rings. The Morgan fingerprint density at radius 3 is 2.78 bits per heavy atom. The van der Waals surface area contributed by atoms with Crippen LogP contribution in [0, 0.1) is 6.92 Å². The van der Waals surface area contributed by atoms with Gasteiger partial charge in [-0.05, 0) is 57.1 Å². The van der Waals surface area contributed by atoms with E-state index in [9.17, 15) is 9.59 Å². The van der Waals surface area contributed by atoms with Gasteiger partial charge < -0.3 is 14.7 Å². The predicted molar refractivity (Wildman–Crippen MR) is 86.4 cm³/mol. The second-order valence-electron chi connectivity index (χ2n) is 5.87. The van der Waals surface area contributed by atoms with Crippen molar-refractivity contribution >= 4 is 5.91 Å². The second-order valence-corrected chi connectivity index (χ2v) is 5.87. The van der Waals surface area contributed by atoms with Crippen LogP contribution in [0.3, 0.4) is 0 Å². The normalized spacial score (nSPS) is 16.4. The van der Waals surface area contributed by atoms with E-state index in [2.05, 4.69) is 15.2 Å². The first-order valence-electron chi connectivity index (χ1n) is 7.91. The lowest BCUT2D eigenvalue weighted by Gasteiger charge is -2.25. The molecule has 2 aromatic heterocycles. The molecular formula is C17H21N3O3. The van der Waals surface area contributed by atoms with Crippen molar-refractivity contribution < 1.29 is 9.21 Å². The van der Waals surface area contributed by atoms with E-state index in [1.54, 1.807) is 25.3 Å². The minimum absolute atomic E-state index is 0.000907. The summed E-state index contributed by atoms with van der Waals surface area (Å²) in [6, 6.07) is 7.06. The number of nitrogens with one attached hydrogen (secondary N) is 2. The third-order valence-corrected chi connectivity index (χ3v) is 4.21. The zero-order chi connectivity index (χ0) is 16.2. The lowest BCUT2D eigenvalue weighted by atomic mass is 10.1. The zero-order valence-electron chi connectivity index (χ0n) is 13.2. The Hall–Kier alpha value is -2.34. The molecule has 0 radical (unpaired) electrons. The molecule has 1 aliphatic heterocycles. The van der Waals surface area contributed by atoms with Gasteiger partial charge in [0.2, 0.25) is 0 Å². The van der Waals surface area contributed by atoms with Crippen LogP contribution in [0.2, 0.25) is 0 Å². The molecule has 6 nitrogen and oxygen atoms in total. The second kappa shape index (κ2) is 6.83. The highest BCUT2D eigenvalue weighted by Gasteiger charge is 2.26. The fourth-order valence-corrected chi connectivity index (χ4v) is 2.98. The number of H-pyrrole nitrogens is 1. The Kier molecular flexibility index (Phi) is 4.62. The number of carbonyl (C=O) groups is 1. The molecule has 0 spiro atoms. The van der Waals surface area contributed by atoms with E-state index in [0.29, 0.717) is 6.54 Å². The smallest absolute Gasteiger partial charge is 0.260 e. The van der Waals surface area contributed by atoms with Crippen LogP contribution in [0.25, 0.3) is 0 Å². The van der Waals surface area contributed by atoms with Crippen molar-refractivity contribution in [3.05, 3.63) is 57.9 Å². The Labute approximate surface area is 134 Å². The van der Waals surface area contributed by atoms with Crippen LogP contribution in [-0.4, -0.2) is 35.4 Å². The van der Waals surface area contributed by atoms with Crippen molar-refractivity contribution in [2.24, 2.45) is 0 Å².